The molecule has 0 radical (unpaired) electrons. The van der Waals surface area contributed by atoms with Crippen molar-refractivity contribution >= 4 is 0 Å². The summed E-state index contributed by atoms with van der Waals surface area (Å²) in [4.78, 5) is 0. The van der Waals surface area contributed by atoms with Gasteiger partial charge in [0.15, 0.2) is 0 Å². The lowest BCUT2D eigenvalue weighted by molar-refractivity contribution is -0.0869. The van der Waals surface area contributed by atoms with Gasteiger partial charge in [-0.1, -0.05) is 26.7 Å². The summed E-state index contributed by atoms with van der Waals surface area (Å²) in [7, 11) is 0. The molecule has 112 valence electrons. The Hall–Kier alpha value is -0.0800. The molecule has 2 fully saturated rings. The summed E-state index contributed by atoms with van der Waals surface area (Å²) in [6.45, 7) is 7.84. The van der Waals surface area contributed by atoms with Crippen LogP contribution in [0, 0.1) is 11.8 Å². The van der Waals surface area contributed by atoms with Crippen molar-refractivity contribution in [1.82, 2.24) is 5.32 Å². The zero-order chi connectivity index (χ0) is 13.6. The van der Waals surface area contributed by atoms with E-state index in [9.17, 15) is 0 Å². The van der Waals surface area contributed by atoms with Gasteiger partial charge < -0.3 is 10.1 Å². The third-order valence-electron chi connectivity index (χ3n) is 5.16. The van der Waals surface area contributed by atoms with Crippen LogP contribution in [-0.4, -0.2) is 25.3 Å². The fourth-order valence-corrected chi connectivity index (χ4v) is 3.63. The van der Waals surface area contributed by atoms with Crippen molar-refractivity contribution in [3.05, 3.63) is 0 Å². The van der Waals surface area contributed by atoms with Crippen molar-refractivity contribution in [2.24, 2.45) is 11.8 Å². The first-order chi connectivity index (χ1) is 9.24. The van der Waals surface area contributed by atoms with E-state index >= 15 is 0 Å². The Morgan fingerprint density at radius 3 is 2.42 bits per heavy atom. The first-order valence-electron chi connectivity index (χ1n) is 8.59. The van der Waals surface area contributed by atoms with E-state index in [2.05, 4.69) is 19.2 Å². The van der Waals surface area contributed by atoms with Gasteiger partial charge in [-0.25, -0.2) is 0 Å². The standard InChI is InChI=1S/C17H33NO/c1-3-12-18-14-17(10-8-15(2)9-11-17)19-13-16-6-4-5-7-16/h15-16,18H,3-14H2,1-2H3. The summed E-state index contributed by atoms with van der Waals surface area (Å²) in [6, 6.07) is 0. The minimum absolute atomic E-state index is 0.157. The highest BCUT2D eigenvalue weighted by molar-refractivity contribution is 4.89. The Bertz CT molecular complexity index is 240. The normalized spacial score (nSPS) is 32.8. The second-order valence-electron chi connectivity index (χ2n) is 7.00. The van der Waals surface area contributed by atoms with Crippen LogP contribution in [0.5, 0.6) is 0 Å². The Kier molecular flexibility index (Phi) is 6.15. The molecule has 0 saturated heterocycles. The van der Waals surface area contributed by atoms with Crippen LogP contribution >= 0.6 is 0 Å². The molecule has 0 unspecified atom stereocenters. The molecule has 0 heterocycles. The van der Waals surface area contributed by atoms with E-state index in [1.54, 1.807) is 0 Å². The van der Waals surface area contributed by atoms with Crippen molar-refractivity contribution in [3.8, 4) is 0 Å². The molecule has 2 heteroatoms. The van der Waals surface area contributed by atoms with Gasteiger partial charge in [-0.3, -0.25) is 0 Å². The second kappa shape index (κ2) is 7.64. The van der Waals surface area contributed by atoms with Gasteiger partial charge in [-0.15, -0.1) is 0 Å². The van der Waals surface area contributed by atoms with Crippen LogP contribution in [0.4, 0.5) is 0 Å². The highest BCUT2D eigenvalue weighted by Gasteiger charge is 2.35. The highest BCUT2D eigenvalue weighted by atomic mass is 16.5. The molecule has 0 aromatic heterocycles. The number of ether oxygens (including phenoxy) is 1. The number of nitrogens with one attached hydrogen (secondary N) is 1. The van der Waals surface area contributed by atoms with Crippen LogP contribution in [0.1, 0.15) is 71.6 Å². The van der Waals surface area contributed by atoms with Gasteiger partial charge >= 0.3 is 0 Å². The van der Waals surface area contributed by atoms with Crippen molar-refractivity contribution in [2.45, 2.75) is 77.2 Å². The smallest absolute Gasteiger partial charge is 0.0806 e. The lowest BCUT2D eigenvalue weighted by Gasteiger charge is -2.40. The molecule has 19 heavy (non-hydrogen) atoms. The van der Waals surface area contributed by atoms with E-state index in [0.29, 0.717) is 0 Å². The molecule has 0 aliphatic heterocycles. The van der Waals surface area contributed by atoms with Crippen LogP contribution in [0.3, 0.4) is 0 Å². The second-order valence-corrected chi connectivity index (χ2v) is 7.00. The molecule has 0 atom stereocenters. The number of hydrogen-bond donors (Lipinski definition) is 1. The molecule has 2 rings (SSSR count). The maximum atomic E-state index is 6.49. The SMILES string of the molecule is CCCNCC1(OCC2CCCC2)CCC(C)CC1. The zero-order valence-corrected chi connectivity index (χ0v) is 13.0. The van der Waals surface area contributed by atoms with E-state index in [0.717, 1.165) is 31.5 Å². The molecule has 0 amide bonds. The molecule has 1 N–H and O–H groups in total. The summed E-state index contributed by atoms with van der Waals surface area (Å²) in [5.41, 5.74) is 0.157. The van der Waals surface area contributed by atoms with Crippen molar-refractivity contribution in [3.63, 3.8) is 0 Å². The summed E-state index contributed by atoms with van der Waals surface area (Å²) in [6.07, 6.45) is 12.1. The van der Waals surface area contributed by atoms with Gasteiger partial charge in [0.25, 0.3) is 0 Å². The molecule has 2 saturated carbocycles. The zero-order valence-electron chi connectivity index (χ0n) is 13.0. The van der Waals surface area contributed by atoms with E-state index < -0.39 is 0 Å². The van der Waals surface area contributed by atoms with Gasteiger partial charge in [0.2, 0.25) is 0 Å². The Morgan fingerprint density at radius 2 is 1.79 bits per heavy atom. The minimum atomic E-state index is 0.157. The third kappa shape index (κ3) is 4.75. The summed E-state index contributed by atoms with van der Waals surface area (Å²) in [5.74, 6) is 1.75. The lowest BCUT2D eigenvalue weighted by Crippen LogP contribution is -2.46. The third-order valence-corrected chi connectivity index (χ3v) is 5.16. The average molecular weight is 267 g/mol. The van der Waals surface area contributed by atoms with E-state index in [-0.39, 0.29) is 5.60 Å². The Morgan fingerprint density at radius 1 is 1.11 bits per heavy atom. The van der Waals surface area contributed by atoms with E-state index in [4.69, 9.17) is 4.74 Å². The lowest BCUT2D eigenvalue weighted by atomic mass is 9.79. The molecule has 0 spiro atoms. The van der Waals surface area contributed by atoms with Gasteiger partial charge in [0, 0.05) is 6.54 Å². The minimum Gasteiger partial charge on any atom is -0.373 e. The van der Waals surface area contributed by atoms with Crippen LogP contribution in [-0.2, 0) is 4.74 Å². The van der Waals surface area contributed by atoms with Crippen molar-refractivity contribution in [2.75, 3.05) is 19.7 Å². The Labute approximate surface area is 119 Å². The van der Waals surface area contributed by atoms with E-state index in [1.807, 2.05) is 0 Å². The number of hydrogen-bond acceptors (Lipinski definition) is 2. The molecule has 2 aliphatic rings. The number of rotatable bonds is 7. The van der Waals surface area contributed by atoms with Crippen molar-refractivity contribution in [1.29, 1.82) is 0 Å². The van der Waals surface area contributed by atoms with Crippen molar-refractivity contribution < 1.29 is 4.74 Å². The Balaban J connectivity index is 1.81. The molecule has 0 aromatic carbocycles. The van der Waals surface area contributed by atoms with Gasteiger partial charge in [-0.2, -0.15) is 0 Å². The molecule has 0 aromatic rings. The molecule has 0 bridgehead atoms. The fraction of sp³-hybridized carbons (Fsp3) is 1.00. The molecular formula is C17H33NO. The molecular weight excluding hydrogens is 234 g/mol. The summed E-state index contributed by atoms with van der Waals surface area (Å²) < 4.78 is 6.49. The van der Waals surface area contributed by atoms with Crippen LogP contribution in [0.2, 0.25) is 0 Å². The first-order valence-corrected chi connectivity index (χ1v) is 8.59. The predicted octanol–water partition coefficient (Wildman–Crippen LogP) is 4.14. The monoisotopic (exact) mass is 267 g/mol. The van der Waals surface area contributed by atoms with E-state index in [1.165, 1.54) is 57.8 Å². The quantitative estimate of drug-likeness (QED) is 0.700. The highest BCUT2D eigenvalue weighted by Crippen LogP contribution is 2.36. The first kappa shape index (κ1) is 15.3. The predicted molar refractivity (Wildman–Crippen MR) is 81.4 cm³/mol. The maximum absolute atomic E-state index is 6.49. The van der Waals surface area contributed by atoms with Gasteiger partial charge in [-0.05, 0) is 63.3 Å². The average Bonchev–Trinajstić information content (AvgIpc) is 2.93. The van der Waals surface area contributed by atoms with Crippen LogP contribution in [0.25, 0.3) is 0 Å². The molecule has 2 aliphatic carbocycles. The topological polar surface area (TPSA) is 21.3 Å². The summed E-state index contributed by atoms with van der Waals surface area (Å²) in [5, 5.41) is 3.61. The van der Waals surface area contributed by atoms with Crippen LogP contribution in [0.15, 0.2) is 0 Å². The largest absolute Gasteiger partial charge is 0.373 e. The van der Waals surface area contributed by atoms with Gasteiger partial charge in [0.05, 0.1) is 12.2 Å². The maximum Gasteiger partial charge on any atom is 0.0806 e. The van der Waals surface area contributed by atoms with Gasteiger partial charge in [0.1, 0.15) is 0 Å². The summed E-state index contributed by atoms with van der Waals surface area (Å²) >= 11 is 0. The fourth-order valence-electron chi connectivity index (χ4n) is 3.63. The van der Waals surface area contributed by atoms with Crippen LogP contribution < -0.4 is 5.32 Å². The molecule has 2 nitrogen and oxygen atoms in total.